The maximum atomic E-state index is 13.6. The van der Waals surface area contributed by atoms with Crippen molar-refractivity contribution < 1.29 is 9.18 Å². The number of benzene rings is 2. The number of halogens is 1. The highest BCUT2D eigenvalue weighted by Crippen LogP contribution is 2.17. The molecule has 98 valence electrons. The van der Waals surface area contributed by atoms with E-state index in [2.05, 4.69) is 5.32 Å². The molecule has 0 aliphatic carbocycles. The molecule has 0 fully saturated rings. The maximum absolute atomic E-state index is 13.6. The molecule has 0 aliphatic heterocycles. The Morgan fingerprint density at radius 2 is 2.05 bits per heavy atom. The Bertz CT molecular complexity index is 611. The molecule has 4 heteroatoms. The molecule has 2 aromatic carbocycles. The third kappa shape index (κ3) is 3.17. The molecule has 2 aromatic rings. The number of aryl methyl sites for hydroxylation is 1. The van der Waals surface area contributed by atoms with Gasteiger partial charge in [0.25, 0.3) is 5.91 Å². The van der Waals surface area contributed by atoms with Gasteiger partial charge in [-0.2, -0.15) is 0 Å². The fourth-order valence-electron chi connectivity index (χ4n) is 1.77. The van der Waals surface area contributed by atoms with Crippen molar-refractivity contribution in [3.05, 3.63) is 65.0 Å². The van der Waals surface area contributed by atoms with Crippen LogP contribution in [0.2, 0.25) is 0 Å². The van der Waals surface area contributed by atoms with Crippen molar-refractivity contribution in [1.29, 1.82) is 0 Å². The van der Waals surface area contributed by atoms with Gasteiger partial charge in [0.15, 0.2) is 0 Å². The predicted molar refractivity (Wildman–Crippen MR) is 73.4 cm³/mol. The van der Waals surface area contributed by atoms with Gasteiger partial charge in [0, 0.05) is 12.1 Å². The summed E-state index contributed by atoms with van der Waals surface area (Å²) in [5.41, 5.74) is 7.91. The second kappa shape index (κ2) is 5.63. The zero-order valence-corrected chi connectivity index (χ0v) is 10.6. The third-order valence-electron chi connectivity index (χ3n) is 2.79. The lowest BCUT2D eigenvalue weighted by Crippen LogP contribution is -2.13. The zero-order valence-electron chi connectivity index (χ0n) is 10.6. The predicted octanol–water partition coefficient (Wildman–Crippen LogP) is 2.85. The smallest absolute Gasteiger partial charge is 0.255 e. The zero-order chi connectivity index (χ0) is 13.8. The molecule has 3 N–H and O–H groups in total. The molecule has 0 atom stereocenters. The van der Waals surface area contributed by atoms with E-state index >= 15 is 0 Å². The van der Waals surface area contributed by atoms with Crippen LogP contribution in [0.15, 0.2) is 42.5 Å². The molecule has 2 rings (SSSR count). The fraction of sp³-hybridized carbons (Fsp3) is 0.133. The summed E-state index contributed by atoms with van der Waals surface area (Å²) < 4.78 is 13.6. The summed E-state index contributed by atoms with van der Waals surface area (Å²) in [4.78, 5) is 12.0. The summed E-state index contributed by atoms with van der Waals surface area (Å²) in [5.74, 6) is -0.797. The van der Waals surface area contributed by atoms with Gasteiger partial charge in [-0.1, -0.05) is 18.2 Å². The van der Waals surface area contributed by atoms with Crippen molar-refractivity contribution in [1.82, 2.24) is 0 Å². The summed E-state index contributed by atoms with van der Waals surface area (Å²) in [7, 11) is 0. The minimum atomic E-state index is -0.450. The summed E-state index contributed by atoms with van der Waals surface area (Å²) in [5, 5.41) is 2.56. The van der Waals surface area contributed by atoms with Crippen LogP contribution in [0.1, 0.15) is 21.5 Å². The van der Waals surface area contributed by atoms with Crippen LogP contribution in [0, 0.1) is 12.7 Å². The van der Waals surface area contributed by atoms with E-state index in [4.69, 9.17) is 5.73 Å². The molecule has 1 amide bonds. The van der Waals surface area contributed by atoms with Crippen molar-refractivity contribution in [3.8, 4) is 0 Å². The molecule has 0 unspecified atom stereocenters. The third-order valence-corrected chi connectivity index (χ3v) is 2.79. The van der Waals surface area contributed by atoms with Crippen LogP contribution in [0.25, 0.3) is 0 Å². The van der Waals surface area contributed by atoms with E-state index in [1.807, 2.05) is 13.0 Å². The summed E-state index contributed by atoms with van der Waals surface area (Å²) in [6.07, 6.45) is 0. The molecule has 0 saturated carbocycles. The number of carbonyl (C=O) groups excluding carboxylic acids is 1. The number of amides is 1. The minimum absolute atomic E-state index is 0.183. The molecular weight excluding hydrogens is 243 g/mol. The normalized spacial score (nSPS) is 10.3. The van der Waals surface area contributed by atoms with Gasteiger partial charge >= 0.3 is 0 Å². The standard InChI is InChI=1S/C15H15FN2O/c1-10-5-6-13(16)14(7-10)18-15(19)12-4-2-3-11(8-12)9-17/h2-8H,9,17H2,1H3,(H,18,19). The van der Waals surface area contributed by atoms with E-state index in [-0.39, 0.29) is 11.6 Å². The van der Waals surface area contributed by atoms with Crippen LogP contribution in [0.4, 0.5) is 10.1 Å². The molecule has 0 aromatic heterocycles. The molecule has 0 spiro atoms. The number of hydrogen-bond donors (Lipinski definition) is 2. The summed E-state index contributed by atoms with van der Waals surface area (Å²) >= 11 is 0. The second-order valence-corrected chi connectivity index (χ2v) is 4.34. The second-order valence-electron chi connectivity index (χ2n) is 4.34. The molecule has 0 bridgehead atoms. The molecule has 19 heavy (non-hydrogen) atoms. The number of rotatable bonds is 3. The molecule has 0 saturated heterocycles. The lowest BCUT2D eigenvalue weighted by Gasteiger charge is -2.08. The van der Waals surface area contributed by atoms with Crippen molar-refractivity contribution in [3.63, 3.8) is 0 Å². The van der Waals surface area contributed by atoms with E-state index in [1.54, 1.807) is 30.3 Å². The van der Waals surface area contributed by atoms with Gasteiger partial charge < -0.3 is 11.1 Å². The highest BCUT2D eigenvalue weighted by atomic mass is 19.1. The van der Waals surface area contributed by atoms with Gasteiger partial charge in [-0.05, 0) is 42.3 Å². The average Bonchev–Trinajstić information content (AvgIpc) is 2.43. The molecule has 3 nitrogen and oxygen atoms in total. The highest BCUT2D eigenvalue weighted by molar-refractivity contribution is 6.04. The fourth-order valence-corrected chi connectivity index (χ4v) is 1.77. The Balaban J connectivity index is 2.22. The molecule has 0 radical (unpaired) electrons. The topological polar surface area (TPSA) is 55.1 Å². The number of hydrogen-bond acceptors (Lipinski definition) is 2. The van der Waals surface area contributed by atoms with E-state index in [0.29, 0.717) is 12.1 Å². The van der Waals surface area contributed by atoms with Crippen LogP contribution in [0.3, 0.4) is 0 Å². The SMILES string of the molecule is Cc1ccc(F)c(NC(=O)c2cccc(CN)c2)c1. The first kappa shape index (κ1) is 13.2. The Kier molecular flexibility index (Phi) is 3.92. The van der Waals surface area contributed by atoms with Gasteiger partial charge in [0.2, 0.25) is 0 Å². The quantitative estimate of drug-likeness (QED) is 0.889. The minimum Gasteiger partial charge on any atom is -0.326 e. The maximum Gasteiger partial charge on any atom is 0.255 e. The van der Waals surface area contributed by atoms with Crippen molar-refractivity contribution in [2.24, 2.45) is 5.73 Å². The largest absolute Gasteiger partial charge is 0.326 e. The molecular formula is C15H15FN2O. The Morgan fingerprint density at radius 3 is 2.79 bits per heavy atom. The first-order valence-corrected chi connectivity index (χ1v) is 5.96. The Hall–Kier alpha value is -2.20. The van der Waals surface area contributed by atoms with Crippen molar-refractivity contribution >= 4 is 11.6 Å². The van der Waals surface area contributed by atoms with Crippen LogP contribution in [-0.4, -0.2) is 5.91 Å². The van der Waals surface area contributed by atoms with E-state index in [9.17, 15) is 9.18 Å². The van der Waals surface area contributed by atoms with Crippen LogP contribution in [-0.2, 0) is 6.54 Å². The van der Waals surface area contributed by atoms with Crippen LogP contribution < -0.4 is 11.1 Å². The first-order chi connectivity index (χ1) is 9.10. The van der Waals surface area contributed by atoms with Crippen molar-refractivity contribution in [2.45, 2.75) is 13.5 Å². The molecule has 0 aliphatic rings. The van der Waals surface area contributed by atoms with Crippen molar-refractivity contribution in [2.75, 3.05) is 5.32 Å². The summed E-state index contributed by atoms with van der Waals surface area (Å²) in [6.45, 7) is 2.20. The van der Waals surface area contributed by atoms with Crippen LogP contribution in [0.5, 0.6) is 0 Å². The van der Waals surface area contributed by atoms with E-state index in [0.717, 1.165) is 11.1 Å². The highest BCUT2D eigenvalue weighted by Gasteiger charge is 2.09. The number of anilines is 1. The van der Waals surface area contributed by atoms with E-state index in [1.165, 1.54) is 6.07 Å². The lowest BCUT2D eigenvalue weighted by atomic mass is 10.1. The Labute approximate surface area is 111 Å². The summed E-state index contributed by atoms with van der Waals surface area (Å²) in [6, 6.07) is 11.5. The lowest BCUT2D eigenvalue weighted by molar-refractivity contribution is 0.102. The first-order valence-electron chi connectivity index (χ1n) is 5.96. The number of nitrogens with one attached hydrogen (secondary N) is 1. The Morgan fingerprint density at radius 1 is 1.26 bits per heavy atom. The van der Waals surface area contributed by atoms with Gasteiger partial charge in [-0.15, -0.1) is 0 Å². The van der Waals surface area contributed by atoms with Gasteiger partial charge in [0.05, 0.1) is 5.69 Å². The van der Waals surface area contributed by atoms with E-state index < -0.39 is 5.82 Å². The average molecular weight is 258 g/mol. The monoisotopic (exact) mass is 258 g/mol. The van der Waals surface area contributed by atoms with Gasteiger partial charge in [0.1, 0.15) is 5.82 Å². The number of carbonyl (C=O) groups is 1. The molecule has 0 heterocycles. The van der Waals surface area contributed by atoms with Crippen LogP contribution >= 0.6 is 0 Å². The van der Waals surface area contributed by atoms with Gasteiger partial charge in [-0.3, -0.25) is 4.79 Å². The van der Waals surface area contributed by atoms with Gasteiger partial charge in [-0.25, -0.2) is 4.39 Å². The number of nitrogens with two attached hydrogens (primary N) is 1.